The van der Waals surface area contributed by atoms with Gasteiger partial charge in [-0.3, -0.25) is 14.2 Å². The maximum Gasteiger partial charge on any atom is 0.282 e. The van der Waals surface area contributed by atoms with E-state index in [9.17, 15) is 9.59 Å². The van der Waals surface area contributed by atoms with Crippen LogP contribution < -0.4 is 17.0 Å². The number of hydrogen-bond acceptors (Lipinski definition) is 2. The van der Waals surface area contributed by atoms with Gasteiger partial charge in [0.2, 0.25) is 0 Å². The van der Waals surface area contributed by atoms with Gasteiger partial charge in [0.05, 0.1) is 5.56 Å². The SMILES string of the molecule is Cc1ccc2c(=O)n(-c3ccc(Br)cc3)cc(C(=O)N=C(N)N)c2c1. The van der Waals surface area contributed by atoms with Crippen molar-refractivity contribution in [3.05, 3.63) is 74.6 Å². The molecule has 3 aromatic rings. The molecule has 0 saturated carbocycles. The summed E-state index contributed by atoms with van der Waals surface area (Å²) in [6, 6.07) is 12.5. The van der Waals surface area contributed by atoms with Crippen molar-refractivity contribution < 1.29 is 4.79 Å². The molecule has 2 aromatic carbocycles. The van der Waals surface area contributed by atoms with Crippen LogP contribution in [0.2, 0.25) is 0 Å². The summed E-state index contributed by atoms with van der Waals surface area (Å²) in [5, 5.41) is 0.943. The van der Waals surface area contributed by atoms with E-state index in [2.05, 4.69) is 20.9 Å². The van der Waals surface area contributed by atoms with Gasteiger partial charge in [0.15, 0.2) is 5.96 Å². The maximum absolute atomic E-state index is 12.9. The highest BCUT2D eigenvalue weighted by molar-refractivity contribution is 9.10. The number of benzene rings is 2. The Morgan fingerprint density at radius 2 is 1.76 bits per heavy atom. The number of aryl methyl sites for hydroxylation is 1. The van der Waals surface area contributed by atoms with Crippen molar-refractivity contribution in [1.82, 2.24) is 4.57 Å². The van der Waals surface area contributed by atoms with Crippen molar-refractivity contribution in [2.24, 2.45) is 16.5 Å². The number of carbonyl (C=O) groups is 1. The Morgan fingerprint density at radius 1 is 1.08 bits per heavy atom. The van der Waals surface area contributed by atoms with Crippen LogP contribution in [0.1, 0.15) is 15.9 Å². The number of nitrogens with two attached hydrogens (primary N) is 2. The number of amides is 1. The molecule has 0 fully saturated rings. The lowest BCUT2D eigenvalue weighted by Gasteiger charge is -2.11. The second kappa shape index (κ2) is 6.52. The summed E-state index contributed by atoms with van der Waals surface area (Å²) in [5.41, 5.74) is 12.3. The van der Waals surface area contributed by atoms with Crippen molar-refractivity contribution in [3.8, 4) is 5.69 Å². The topological polar surface area (TPSA) is 103 Å². The summed E-state index contributed by atoms with van der Waals surface area (Å²) in [4.78, 5) is 29.0. The highest BCUT2D eigenvalue weighted by Gasteiger charge is 2.16. The molecular formula is C18H15BrN4O2. The number of pyridine rings is 1. The fraction of sp³-hybridized carbons (Fsp3) is 0.0556. The molecule has 0 aliphatic carbocycles. The Hall–Kier alpha value is -2.93. The lowest BCUT2D eigenvalue weighted by Crippen LogP contribution is -2.25. The van der Waals surface area contributed by atoms with Crippen LogP contribution in [0.5, 0.6) is 0 Å². The summed E-state index contributed by atoms with van der Waals surface area (Å²) >= 11 is 3.36. The van der Waals surface area contributed by atoms with Gasteiger partial charge in [0.1, 0.15) is 0 Å². The minimum absolute atomic E-state index is 0.224. The number of aromatic nitrogens is 1. The number of guanidine groups is 1. The number of aliphatic imine (C=N–C) groups is 1. The zero-order valence-corrected chi connectivity index (χ0v) is 14.9. The number of halogens is 1. The molecule has 0 unspecified atom stereocenters. The van der Waals surface area contributed by atoms with Crippen molar-refractivity contribution in [3.63, 3.8) is 0 Å². The second-order valence-electron chi connectivity index (χ2n) is 5.59. The average Bonchev–Trinajstić information content (AvgIpc) is 2.55. The smallest absolute Gasteiger partial charge is 0.282 e. The molecule has 6 nitrogen and oxygen atoms in total. The Kier molecular flexibility index (Phi) is 4.41. The molecule has 0 saturated heterocycles. The van der Waals surface area contributed by atoms with Crippen LogP contribution >= 0.6 is 15.9 Å². The fourth-order valence-corrected chi connectivity index (χ4v) is 2.86. The standard InChI is InChI=1S/C18H15BrN4O2/c1-10-2-7-13-14(8-10)15(16(24)22-18(20)21)9-23(17(13)25)12-5-3-11(19)4-6-12/h2-9H,1H3,(H4,20,21,22,24). The van der Waals surface area contributed by atoms with Gasteiger partial charge in [0, 0.05) is 27.1 Å². The van der Waals surface area contributed by atoms with Gasteiger partial charge in [-0.25, -0.2) is 0 Å². The van der Waals surface area contributed by atoms with Gasteiger partial charge < -0.3 is 11.5 Å². The third-order valence-electron chi connectivity index (χ3n) is 3.74. The molecule has 3 rings (SSSR count). The molecule has 1 aromatic heterocycles. The first-order chi connectivity index (χ1) is 11.9. The molecule has 0 atom stereocenters. The van der Waals surface area contributed by atoms with E-state index in [1.165, 1.54) is 10.8 Å². The van der Waals surface area contributed by atoms with Crippen molar-refractivity contribution in [2.75, 3.05) is 0 Å². The maximum atomic E-state index is 12.9. The number of hydrogen-bond donors (Lipinski definition) is 2. The quantitative estimate of drug-likeness (QED) is 0.510. The predicted octanol–water partition coefficient (Wildman–Crippen LogP) is 2.48. The summed E-state index contributed by atoms with van der Waals surface area (Å²) < 4.78 is 2.30. The minimum Gasteiger partial charge on any atom is -0.370 e. The minimum atomic E-state index is -0.596. The molecule has 1 heterocycles. The summed E-state index contributed by atoms with van der Waals surface area (Å²) in [7, 11) is 0. The first-order valence-corrected chi connectivity index (χ1v) is 8.22. The highest BCUT2D eigenvalue weighted by Crippen LogP contribution is 2.21. The monoisotopic (exact) mass is 398 g/mol. The van der Waals surface area contributed by atoms with Crippen molar-refractivity contribution >= 4 is 38.6 Å². The summed E-state index contributed by atoms with van der Waals surface area (Å²) in [5.74, 6) is -0.923. The fourth-order valence-electron chi connectivity index (χ4n) is 2.60. The highest BCUT2D eigenvalue weighted by atomic mass is 79.9. The van der Waals surface area contributed by atoms with Crippen LogP contribution in [-0.4, -0.2) is 16.4 Å². The largest absolute Gasteiger partial charge is 0.370 e. The van der Waals surface area contributed by atoms with Gasteiger partial charge in [-0.1, -0.05) is 33.6 Å². The first-order valence-electron chi connectivity index (χ1n) is 7.43. The third-order valence-corrected chi connectivity index (χ3v) is 4.27. The molecule has 0 radical (unpaired) electrons. The number of rotatable bonds is 2. The summed E-state index contributed by atoms with van der Waals surface area (Å²) in [6.45, 7) is 1.88. The van der Waals surface area contributed by atoms with Gasteiger partial charge >= 0.3 is 0 Å². The zero-order valence-electron chi connectivity index (χ0n) is 13.4. The van der Waals surface area contributed by atoms with E-state index >= 15 is 0 Å². The van der Waals surface area contributed by atoms with Gasteiger partial charge in [0.25, 0.3) is 11.5 Å². The van der Waals surface area contributed by atoms with Crippen LogP contribution in [0.3, 0.4) is 0 Å². The lowest BCUT2D eigenvalue weighted by atomic mass is 10.0. The molecule has 126 valence electrons. The second-order valence-corrected chi connectivity index (χ2v) is 6.50. The Balaban J connectivity index is 2.36. The van der Waals surface area contributed by atoms with E-state index in [1.807, 2.05) is 25.1 Å². The number of nitrogens with zero attached hydrogens (tertiary/aromatic N) is 2. The molecule has 0 spiro atoms. The Labute approximate surface area is 151 Å². The van der Waals surface area contributed by atoms with E-state index in [4.69, 9.17) is 11.5 Å². The van der Waals surface area contributed by atoms with Crippen LogP contribution in [-0.2, 0) is 0 Å². The third kappa shape index (κ3) is 3.32. The predicted molar refractivity (Wildman–Crippen MR) is 102 cm³/mol. The molecule has 1 amide bonds. The lowest BCUT2D eigenvalue weighted by molar-refractivity contribution is 0.100. The summed E-state index contributed by atoms with van der Waals surface area (Å²) in [6.07, 6.45) is 1.47. The van der Waals surface area contributed by atoms with Gasteiger partial charge in [-0.2, -0.15) is 4.99 Å². The van der Waals surface area contributed by atoms with Crippen molar-refractivity contribution in [2.45, 2.75) is 6.92 Å². The molecule has 0 aliphatic heterocycles. The number of fused-ring (bicyclic) bond motifs is 1. The molecule has 4 N–H and O–H groups in total. The van der Waals surface area contributed by atoms with Crippen LogP contribution in [0.25, 0.3) is 16.5 Å². The molecular weight excluding hydrogens is 384 g/mol. The zero-order chi connectivity index (χ0) is 18.1. The Bertz CT molecular complexity index is 1060. The van der Waals surface area contributed by atoms with E-state index < -0.39 is 5.91 Å². The van der Waals surface area contributed by atoms with E-state index in [1.54, 1.807) is 24.3 Å². The van der Waals surface area contributed by atoms with Gasteiger partial charge in [-0.15, -0.1) is 0 Å². The van der Waals surface area contributed by atoms with Crippen molar-refractivity contribution in [1.29, 1.82) is 0 Å². The van der Waals surface area contributed by atoms with Crippen LogP contribution in [0, 0.1) is 6.92 Å². The molecule has 0 aliphatic rings. The average molecular weight is 399 g/mol. The number of carbonyl (C=O) groups excluding carboxylic acids is 1. The van der Waals surface area contributed by atoms with Gasteiger partial charge in [-0.05, 0) is 37.3 Å². The van der Waals surface area contributed by atoms with E-state index in [-0.39, 0.29) is 17.1 Å². The van der Waals surface area contributed by atoms with E-state index in [0.717, 1.165) is 10.0 Å². The molecule has 0 bridgehead atoms. The molecule has 7 heteroatoms. The normalized spacial score (nSPS) is 10.6. The Morgan fingerprint density at radius 3 is 2.40 bits per heavy atom. The molecule has 25 heavy (non-hydrogen) atoms. The van der Waals surface area contributed by atoms with E-state index in [0.29, 0.717) is 16.5 Å². The first kappa shape index (κ1) is 16.9. The van der Waals surface area contributed by atoms with Crippen LogP contribution in [0.4, 0.5) is 0 Å². The van der Waals surface area contributed by atoms with Crippen LogP contribution in [0.15, 0.2) is 62.9 Å².